The zero-order valence-corrected chi connectivity index (χ0v) is 42.4. The second kappa shape index (κ2) is 16.3. The van der Waals surface area contributed by atoms with E-state index in [0.717, 1.165) is 34.1 Å². The van der Waals surface area contributed by atoms with Gasteiger partial charge < -0.3 is 19.6 Å². The maximum atomic E-state index is 2.52. The summed E-state index contributed by atoms with van der Waals surface area (Å²) in [6.45, 7) is 4.82. The lowest BCUT2D eigenvalue weighted by molar-refractivity contribution is 0.661. The first-order chi connectivity index (χ1) is 36.8. The van der Waals surface area contributed by atoms with Crippen molar-refractivity contribution in [1.29, 1.82) is 0 Å². The molecule has 12 aromatic carbocycles. The highest BCUT2D eigenvalue weighted by atomic mass is 15.3. The zero-order chi connectivity index (χ0) is 50.1. The molecule has 0 aromatic heterocycles. The zero-order valence-electron chi connectivity index (χ0n) is 42.4. The molecule has 0 amide bonds. The van der Waals surface area contributed by atoms with Crippen molar-refractivity contribution in [2.45, 2.75) is 19.3 Å². The Bertz CT molecular complexity index is 4250. The van der Waals surface area contributed by atoms with Gasteiger partial charge in [-0.3, -0.25) is 0 Å². The van der Waals surface area contributed by atoms with Crippen molar-refractivity contribution < 1.29 is 0 Å². The molecule has 15 rings (SSSR count). The minimum atomic E-state index is -0.240. The quantitative estimate of drug-likeness (QED) is 0.159. The first-order valence-electron chi connectivity index (χ1n) is 26.1. The van der Waals surface area contributed by atoms with Crippen molar-refractivity contribution in [3.63, 3.8) is 0 Å². The molecule has 75 heavy (non-hydrogen) atoms. The second-order valence-electron chi connectivity index (χ2n) is 21.0. The van der Waals surface area contributed by atoms with Crippen LogP contribution in [-0.2, 0) is 5.41 Å². The Morgan fingerprint density at radius 2 is 0.667 bits per heavy atom. The number of fused-ring (bicyclic) bond motifs is 10. The van der Waals surface area contributed by atoms with Crippen LogP contribution in [0.2, 0.25) is 0 Å². The summed E-state index contributed by atoms with van der Waals surface area (Å²) in [4.78, 5) is 9.56. The molecular formula is C71H52N4. The lowest BCUT2D eigenvalue weighted by Crippen LogP contribution is -2.24. The Morgan fingerprint density at radius 3 is 1.16 bits per heavy atom. The normalized spacial score (nSPS) is 13.9. The third kappa shape index (κ3) is 6.42. The summed E-state index contributed by atoms with van der Waals surface area (Å²) in [6, 6.07) is 90.6. The average molecular weight is 961 g/mol. The minimum Gasteiger partial charge on any atom is -0.341 e. The SMILES string of the molecule is CN1c2ccccc2N(c2ccc3c(-c4ccc5ccccc5c4)c4cc(N5c6ccccc6N(C)c6ccccc65)ccc4c(-c4ccc5c(c4)C(C)(C)c4cc(-c6ccccc6)ccc4-5)c3c2)c2ccccc21. The van der Waals surface area contributed by atoms with Gasteiger partial charge in [0, 0.05) is 30.9 Å². The summed E-state index contributed by atoms with van der Waals surface area (Å²) in [5.74, 6) is 0. The van der Waals surface area contributed by atoms with Crippen molar-refractivity contribution >= 4 is 89.2 Å². The fourth-order valence-corrected chi connectivity index (χ4v) is 13.0. The molecule has 3 aliphatic rings. The molecule has 2 heterocycles. The molecule has 2 aliphatic heterocycles. The number of nitrogens with zero attached hydrogens (tertiary/aromatic N) is 4. The Kier molecular flexibility index (Phi) is 9.40. The fraction of sp³-hybridized carbons (Fsp3) is 0.0704. The van der Waals surface area contributed by atoms with Gasteiger partial charge in [-0.15, -0.1) is 0 Å². The van der Waals surface area contributed by atoms with Crippen molar-refractivity contribution in [2.75, 3.05) is 33.7 Å². The van der Waals surface area contributed by atoms with E-state index in [-0.39, 0.29) is 5.41 Å². The minimum absolute atomic E-state index is 0.240. The van der Waals surface area contributed by atoms with E-state index in [2.05, 4.69) is 290 Å². The lowest BCUT2D eigenvalue weighted by atomic mass is 9.79. The molecule has 1 aliphatic carbocycles. The predicted octanol–water partition coefficient (Wildman–Crippen LogP) is 19.6. The lowest BCUT2D eigenvalue weighted by Gasteiger charge is -2.39. The predicted molar refractivity (Wildman–Crippen MR) is 318 cm³/mol. The summed E-state index contributed by atoms with van der Waals surface area (Å²) >= 11 is 0. The maximum Gasteiger partial charge on any atom is 0.0699 e. The van der Waals surface area contributed by atoms with Gasteiger partial charge in [0.15, 0.2) is 0 Å². The molecule has 4 heteroatoms. The third-order valence-corrected chi connectivity index (χ3v) is 16.6. The van der Waals surface area contributed by atoms with E-state index in [9.17, 15) is 0 Å². The summed E-state index contributed by atoms with van der Waals surface area (Å²) in [6.07, 6.45) is 0. The third-order valence-electron chi connectivity index (χ3n) is 16.6. The van der Waals surface area contributed by atoms with Gasteiger partial charge in [0.05, 0.1) is 45.5 Å². The smallest absolute Gasteiger partial charge is 0.0699 e. The summed E-state index contributed by atoms with van der Waals surface area (Å²) in [5.41, 5.74) is 23.9. The molecular weight excluding hydrogens is 909 g/mol. The molecule has 0 N–H and O–H groups in total. The number of rotatable bonds is 5. The number of benzene rings is 12. The van der Waals surface area contributed by atoms with Crippen LogP contribution < -0.4 is 19.6 Å². The van der Waals surface area contributed by atoms with Crippen LogP contribution >= 0.6 is 0 Å². The van der Waals surface area contributed by atoms with Crippen LogP contribution in [0.5, 0.6) is 0 Å². The highest BCUT2D eigenvalue weighted by molar-refractivity contribution is 6.23. The summed E-state index contributed by atoms with van der Waals surface area (Å²) in [7, 11) is 4.36. The van der Waals surface area contributed by atoms with Crippen LogP contribution in [-0.4, -0.2) is 14.1 Å². The van der Waals surface area contributed by atoms with Gasteiger partial charge in [-0.1, -0.05) is 166 Å². The van der Waals surface area contributed by atoms with E-state index in [0.29, 0.717) is 0 Å². The van der Waals surface area contributed by atoms with Gasteiger partial charge in [0.25, 0.3) is 0 Å². The number of anilines is 10. The largest absolute Gasteiger partial charge is 0.341 e. The molecule has 12 aromatic rings. The van der Waals surface area contributed by atoms with E-state index in [1.54, 1.807) is 0 Å². The van der Waals surface area contributed by atoms with Crippen molar-refractivity contribution in [3.8, 4) is 44.5 Å². The maximum absolute atomic E-state index is 2.52. The molecule has 0 radical (unpaired) electrons. The average Bonchev–Trinajstić information content (AvgIpc) is 3.72. The van der Waals surface area contributed by atoms with Crippen LogP contribution in [0.25, 0.3) is 76.8 Å². The van der Waals surface area contributed by atoms with E-state index in [1.807, 2.05) is 0 Å². The fourth-order valence-electron chi connectivity index (χ4n) is 13.0. The van der Waals surface area contributed by atoms with Gasteiger partial charge in [-0.25, -0.2) is 0 Å². The van der Waals surface area contributed by atoms with Gasteiger partial charge in [-0.2, -0.15) is 0 Å². The van der Waals surface area contributed by atoms with Crippen molar-refractivity contribution in [2.24, 2.45) is 0 Å². The molecule has 0 spiro atoms. The van der Waals surface area contributed by atoms with Crippen LogP contribution in [0.3, 0.4) is 0 Å². The van der Waals surface area contributed by atoms with Crippen molar-refractivity contribution in [3.05, 3.63) is 254 Å². The highest BCUT2D eigenvalue weighted by Gasteiger charge is 2.37. The Labute approximate surface area is 438 Å². The number of hydrogen-bond acceptors (Lipinski definition) is 4. The summed E-state index contributed by atoms with van der Waals surface area (Å²) < 4.78 is 0. The van der Waals surface area contributed by atoms with Crippen LogP contribution in [0, 0.1) is 0 Å². The molecule has 0 saturated heterocycles. The second-order valence-corrected chi connectivity index (χ2v) is 21.0. The van der Waals surface area contributed by atoms with E-state index < -0.39 is 0 Å². The standard InChI is InChI=1S/C71H52N4/c1-71(2)59-41-48(45-18-6-5-7-19-45)32-36-53(59)54-37-33-50(42-60(54)71)70-56-39-35-51(74-65-26-14-10-22-61(65)72(3)62-23-11-15-27-66(62)74)43-57(56)69(49-31-30-46-20-8-9-21-47(46)40-49)55-38-34-52(44-58(55)70)75-67-28-16-12-24-63(67)73(4)64-25-13-17-29-68(64)75/h5-44H,1-4H3. The molecule has 4 nitrogen and oxygen atoms in total. The van der Waals surface area contributed by atoms with Crippen molar-refractivity contribution in [1.82, 2.24) is 0 Å². The Balaban J connectivity index is 1.03. The van der Waals surface area contributed by atoms with E-state index in [1.165, 1.54) is 111 Å². The molecule has 0 unspecified atom stereocenters. The summed E-state index contributed by atoms with van der Waals surface area (Å²) in [5, 5.41) is 7.28. The molecule has 0 atom stereocenters. The van der Waals surface area contributed by atoms with Gasteiger partial charge in [0.1, 0.15) is 0 Å². The monoisotopic (exact) mass is 960 g/mol. The van der Waals surface area contributed by atoms with Crippen LogP contribution in [0.4, 0.5) is 56.9 Å². The number of hydrogen-bond donors (Lipinski definition) is 0. The first kappa shape index (κ1) is 43.2. The van der Waals surface area contributed by atoms with Gasteiger partial charge >= 0.3 is 0 Å². The van der Waals surface area contributed by atoms with E-state index in [4.69, 9.17) is 0 Å². The molecule has 0 bridgehead atoms. The van der Waals surface area contributed by atoms with E-state index >= 15 is 0 Å². The van der Waals surface area contributed by atoms with Gasteiger partial charge in [0.2, 0.25) is 0 Å². The highest BCUT2D eigenvalue weighted by Crippen LogP contribution is 2.57. The van der Waals surface area contributed by atoms with Crippen LogP contribution in [0.15, 0.2) is 243 Å². The van der Waals surface area contributed by atoms with Gasteiger partial charge in [-0.05, 0) is 179 Å². The topological polar surface area (TPSA) is 13.0 Å². The Hall–Kier alpha value is -9.38. The molecule has 0 fully saturated rings. The molecule has 0 saturated carbocycles. The van der Waals surface area contributed by atoms with Crippen LogP contribution in [0.1, 0.15) is 25.0 Å². The molecule has 356 valence electrons. The number of para-hydroxylation sites is 8. The first-order valence-corrected chi connectivity index (χ1v) is 26.1. The Morgan fingerprint density at radius 1 is 0.280 bits per heavy atom.